The molecule has 43 nitrogen and oxygen atoms in total. The number of H-pyrrole nitrogens is 4. The van der Waals surface area contributed by atoms with Crippen molar-refractivity contribution in [2.75, 3.05) is 72.5 Å². The van der Waals surface area contributed by atoms with Crippen molar-refractivity contribution >= 4 is 151 Å². The summed E-state index contributed by atoms with van der Waals surface area (Å²) < 4.78 is 0. The van der Waals surface area contributed by atoms with E-state index in [-0.39, 0.29) is 83.7 Å². The molecule has 4 aromatic heterocycles. The van der Waals surface area contributed by atoms with Gasteiger partial charge in [-0.25, -0.2) is 4.98 Å². The number of carbonyl (C=O) groups is 17. The molecule has 8 aromatic rings. The van der Waals surface area contributed by atoms with Gasteiger partial charge in [-0.2, -0.15) is 0 Å². The number of thioether (sulfide) groups is 1. The van der Waals surface area contributed by atoms with Crippen LogP contribution in [-0.2, 0) is 114 Å². The first-order chi connectivity index (χ1) is 66.1. The van der Waals surface area contributed by atoms with E-state index in [4.69, 9.17) is 22.6 Å². The molecule has 17 amide bonds. The van der Waals surface area contributed by atoms with Crippen LogP contribution in [0, 0.1) is 5.41 Å². The van der Waals surface area contributed by atoms with Crippen molar-refractivity contribution < 1.29 is 86.6 Å². The fourth-order valence-corrected chi connectivity index (χ4v) is 17.7. The van der Waals surface area contributed by atoms with Crippen molar-refractivity contribution in [1.29, 1.82) is 5.41 Å². The van der Waals surface area contributed by atoms with Gasteiger partial charge in [0.1, 0.15) is 78.5 Å². The zero-order valence-electron chi connectivity index (χ0n) is 78.2. The van der Waals surface area contributed by atoms with Crippen LogP contribution >= 0.6 is 11.8 Å². The van der Waals surface area contributed by atoms with E-state index in [0.717, 1.165) is 36.3 Å². The molecule has 0 bridgehead atoms. The average Bonchev–Trinajstić information content (AvgIpc) is 1.53. The number of nitrogens with one attached hydrogen (secondary N) is 16. The maximum absolute atomic E-state index is 15.8. The number of benzene rings is 4. The van der Waals surface area contributed by atoms with Crippen LogP contribution in [-0.4, -0.2) is 312 Å². The second-order valence-corrected chi connectivity index (χ2v) is 35.6. The molecular weight excluding hydrogens is 1800 g/mol. The van der Waals surface area contributed by atoms with Gasteiger partial charge in [-0.05, 0) is 85.9 Å². The number of primary amides is 2. The normalized spacial score (nSPS) is 23.0. The van der Waals surface area contributed by atoms with E-state index in [2.05, 4.69) is 83.4 Å². The molecule has 13 atom stereocenters. The van der Waals surface area contributed by atoms with Crippen molar-refractivity contribution in [1.82, 2.24) is 108 Å². The lowest BCUT2D eigenvalue weighted by Crippen LogP contribution is -2.61. The van der Waals surface area contributed by atoms with E-state index in [9.17, 15) is 48.3 Å². The fourth-order valence-electron chi connectivity index (χ4n) is 16.8. The molecule has 44 heteroatoms. The molecule has 0 unspecified atom stereocenters. The topological polar surface area (TPSA) is 637 Å². The Morgan fingerprint density at radius 2 is 0.978 bits per heavy atom. The summed E-state index contributed by atoms with van der Waals surface area (Å²) in [4.78, 5) is 273. The monoisotopic (exact) mass is 1920 g/mol. The number of aromatic nitrogens is 5. The standard InChI is InChI=1S/C94H125N25O18S/c1-8-10-32-74-87(131)108-65(31-21-35-100-94(97)98)83(127)114-73(82(126)104-47-78(96)122)50-138-51-80(124)107-68(37-54-23-13-12-14-24-54)90(134)116(5)53(3)81(125)110-71(42-77(95)121)92(136)119-36-22-34-75(119)88(132)109-67(41-58-46-99-52-105-58)85(129)111-69(39-56-44-102-63-29-19-16-26-60(56)63)89(133)115(4)48-79(123)106-66(38-55-43-101-62-28-18-15-25-59(55)62)84(128)113-72(49-120)86(130)112-70(40-57-45-103-64-30-20-17-27-61(57)64)91(135)118(7)76(33-11-9-2)93(137)117(74)6/h12-20,23-30,43-46,52-53,65-76,101-103,120H,8-11,21-22,31-42,47-51H2,1-7H3,(H2,95,121)(H2,96,122)(H,99,105)(H,104,126)(H,106,123)(H,107,124)(H,108,131)(H,109,132)(H,110,125)(H,111,129)(H,112,130)(H,113,128)(H,114,127)(H4,97,98,100)/t53-,65-,66-,67-,68-,69-,70-,71-,72-,73-,74-,75-,76-/m0/s1. The number of carbonyl (C=O) groups excluding carboxylic acids is 17. The molecule has 2 fully saturated rings. The van der Waals surface area contributed by atoms with Crippen LogP contribution in [0.25, 0.3) is 32.7 Å². The highest BCUT2D eigenvalue weighted by molar-refractivity contribution is 8.00. The number of para-hydroxylation sites is 3. The number of guanidine groups is 1. The molecule has 6 heterocycles. The Labute approximate surface area is 800 Å². The number of aromatic amines is 4. The van der Waals surface area contributed by atoms with Gasteiger partial charge in [0, 0.05) is 142 Å². The number of hydrogen-bond donors (Lipinski definition) is 20. The average molecular weight is 1930 g/mol. The van der Waals surface area contributed by atoms with Gasteiger partial charge in [0.2, 0.25) is 100 Å². The van der Waals surface area contributed by atoms with Gasteiger partial charge >= 0.3 is 0 Å². The molecule has 0 spiro atoms. The number of unbranched alkanes of at least 4 members (excludes halogenated alkanes) is 2. The summed E-state index contributed by atoms with van der Waals surface area (Å²) in [6.45, 7) is 2.30. The predicted octanol–water partition coefficient (Wildman–Crippen LogP) is -1.46. The first kappa shape index (κ1) is 105. The van der Waals surface area contributed by atoms with E-state index in [0.29, 0.717) is 86.3 Å². The second-order valence-electron chi connectivity index (χ2n) is 34.6. The summed E-state index contributed by atoms with van der Waals surface area (Å²) in [5.41, 5.74) is 21.2. The smallest absolute Gasteiger partial charge is 0.246 e. The Hall–Kier alpha value is -14.7. The largest absolute Gasteiger partial charge is 0.394 e. The van der Waals surface area contributed by atoms with Gasteiger partial charge in [-0.3, -0.25) is 86.9 Å². The van der Waals surface area contributed by atoms with Crippen molar-refractivity contribution in [3.63, 3.8) is 0 Å². The van der Waals surface area contributed by atoms with Gasteiger partial charge < -0.3 is 125 Å². The number of aliphatic hydroxyl groups is 1. The Morgan fingerprint density at radius 3 is 1.54 bits per heavy atom. The lowest BCUT2D eigenvalue weighted by atomic mass is 10.00. The molecule has 2 aliphatic rings. The minimum atomic E-state index is -1.87. The molecule has 23 N–H and O–H groups in total. The second kappa shape index (κ2) is 50.7. The van der Waals surface area contributed by atoms with Crippen molar-refractivity contribution in [2.45, 2.75) is 202 Å². The molecule has 138 heavy (non-hydrogen) atoms. The number of nitrogens with zero attached hydrogens (tertiary/aromatic N) is 6. The van der Waals surface area contributed by atoms with Crippen LogP contribution in [0.5, 0.6) is 0 Å². The first-order valence-electron chi connectivity index (χ1n) is 45.9. The summed E-state index contributed by atoms with van der Waals surface area (Å²) in [5.74, 6) is -17.1. The Bertz CT molecular complexity index is 5670. The number of hydrogen-bond acceptors (Lipinski definition) is 21. The highest BCUT2D eigenvalue weighted by Gasteiger charge is 2.44. The summed E-state index contributed by atoms with van der Waals surface area (Å²) in [5, 5.41) is 50.3. The number of amides is 17. The van der Waals surface area contributed by atoms with Gasteiger partial charge in [0.15, 0.2) is 5.96 Å². The molecule has 740 valence electrons. The number of fused-ring (bicyclic) bond motifs is 4. The number of likely N-dealkylation sites (N-methyl/N-ethyl adjacent to an activating group) is 4. The van der Waals surface area contributed by atoms with Crippen molar-refractivity contribution in [3.05, 3.63) is 162 Å². The molecule has 0 saturated carbocycles. The molecule has 0 radical (unpaired) electrons. The zero-order chi connectivity index (χ0) is 100.0. The van der Waals surface area contributed by atoms with E-state index in [1.54, 1.807) is 122 Å². The molecule has 2 aliphatic heterocycles. The molecule has 4 aromatic carbocycles. The van der Waals surface area contributed by atoms with Crippen LogP contribution in [0.15, 0.2) is 134 Å². The van der Waals surface area contributed by atoms with E-state index in [1.807, 2.05) is 13.8 Å². The van der Waals surface area contributed by atoms with E-state index >= 15 is 38.4 Å². The third kappa shape index (κ3) is 28.9. The number of rotatable bonds is 26. The lowest BCUT2D eigenvalue weighted by Gasteiger charge is -2.36. The highest BCUT2D eigenvalue weighted by atomic mass is 32.2. The maximum Gasteiger partial charge on any atom is 0.246 e. The van der Waals surface area contributed by atoms with Gasteiger partial charge in [0.05, 0.1) is 38.2 Å². The minimum Gasteiger partial charge on any atom is -0.394 e. The molecule has 10 rings (SSSR count). The molecular formula is C94H125N25O18S. The SMILES string of the molecule is CCCC[C@H]1C(=O)N(C)[C@@H](CCCC)C(=O)N[C@@H](CCCNC(=N)N)C(=O)N[C@H](C(=O)NCC(N)=O)CSCC(=O)N[C@@H](Cc2ccccc2)C(=O)N(C)[C@@H](C)C(=O)N[C@@H](CC(N)=O)C(=O)N2CCC[C@H]2C(=O)N[C@@H](Cc2cnc[nH]2)C(=O)N[C@@H](Cc2c[nH]c3ccccc23)C(=O)N(C)CC(=O)N[C@@H](Cc2c[nH]c3ccccc23)C(=O)N[C@@H](CO)C(=O)N[C@@H](Cc2c[nH]c3ccccc23)C(=O)N1C. The third-order valence-electron chi connectivity index (χ3n) is 24.5. The summed E-state index contributed by atoms with van der Waals surface area (Å²) in [6, 6.07) is 9.63. The minimum absolute atomic E-state index is 0.0000959. The Balaban J connectivity index is 1.02. The van der Waals surface area contributed by atoms with Gasteiger partial charge in [-0.15, -0.1) is 11.8 Å². The predicted molar refractivity (Wildman–Crippen MR) is 512 cm³/mol. The van der Waals surface area contributed by atoms with Crippen LogP contribution < -0.4 is 75.7 Å². The van der Waals surface area contributed by atoms with Crippen molar-refractivity contribution in [2.24, 2.45) is 17.2 Å². The zero-order valence-corrected chi connectivity index (χ0v) is 79.0. The maximum atomic E-state index is 15.8. The number of aliphatic hydroxyl groups excluding tert-OH is 1. The molecule has 2 saturated heterocycles. The summed E-state index contributed by atoms with van der Waals surface area (Å²) >= 11 is 0.793. The third-order valence-corrected chi connectivity index (χ3v) is 25.6. The number of imidazole rings is 1. The van der Waals surface area contributed by atoms with Gasteiger partial charge in [0.25, 0.3) is 0 Å². The Kier molecular flexibility index (Phi) is 38.7. The fraction of sp³-hybridized carbons (Fsp3) is 0.457. The van der Waals surface area contributed by atoms with Crippen LogP contribution in [0.3, 0.4) is 0 Å². The Morgan fingerprint density at radius 1 is 0.486 bits per heavy atom. The molecule has 0 aliphatic carbocycles. The first-order valence-corrected chi connectivity index (χ1v) is 47.1. The van der Waals surface area contributed by atoms with Crippen LogP contribution in [0.1, 0.15) is 119 Å². The summed E-state index contributed by atoms with van der Waals surface area (Å²) in [6.07, 6.45) is 7.27. The van der Waals surface area contributed by atoms with E-state index < -0.39 is 223 Å². The van der Waals surface area contributed by atoms with Crippen LogP contribution in [0.4, 0.5) is 0 Å². The summed E-state index contributed by atoms with van der Waals surface area (Å²) in [7, 11) is 5.24. The van der Waals surface area contributed by atoms with Crippen molar-refractivity contribution in [3.8, 4) is 0 Å². The quantitative estimate of drug-likeness (QED) is 0.0167. The van der Waals surface area contributed by atoms with Crippen LogP contribution in [0.2, 0.25) is 0 Å². The van der Waals surface area contributed by atoms with Gasteiger partial charge in [-0.1, -0.05) is 124 Å². The lowest BCUT2D eigenvalue weighted by molar-refractivity contribution is -0.149. The number of nitrogens with two attached hydrogens (primary N) is 3. The van der Waals surface area contributed by atoms with E-state index in [1.165, 1.54) is 47.6 Å². The highest BCUT2D eigenvalue weighted by Crippen LogP contribution is 2.27.